The highest BCUT2D eigenvalue weighted by Crippen LogP contribution is 2.23. The number of amides is 1. The fourth-order valence-electron chi connectivity index (χ4n) is 1.87. The van der Waals surface area contributed by atoms with Gasteiger partial charge < -0.3 is 10.7 Å². The lowest BCUT2D eigenvalue weighted by molar-refractivity contribution is 0.102. The van der Waals surface area contributed by atoms with E-state index >= 15 is 0 Å². The van der Waals surface area contributed by atoms with Gasteiger partial charge in [-0.15, -0.1) is 0 Å². The fourth-order valence-corrected chi connectivity index (χ4v) is 2.28. The standard InChI is InChI=1S/C14H15BrN4O/c1-2-9-7-10(15)3-4-12(9)18-14(20)11-5-6-17-8-13(11)19-16/h3-8,19H,2,16H2,1H3,(H,18,20). The lowest BCUT2D eigenvalue weighted by Crippen LogP contribution is -2.18. The molecule has 0 radical (unpaired) electrons. The smallest absolute Gasteiger partial charge is 0.257 e. The van der Waals surface area contributed by atoms with Crippen LogP contribution in [-0.4, -0.2) is 10.9 Å². The number of carbonyl (C=O) groups excluding carboxylic acids is 1. The van der Waals surface area contributed by atoms with Gasteiger partial charge >= 0.3 is 0 Å². The van der Waals surface area contributed by atoms with E-state index in [0.29, 0.717) is 11.3 Å². The Kier molecular flexibility index (Phi) is 4.70. The molecule has 1 aromatic carbocycles. The number of aromatic nitrogens is 1. The first-order chi connectivity index (χ1) is 9.65. The summed E-state index contributed by atoms with van der Waals surface area (Å²) >= 11 is 3.42. The monoisotopic (exact) mass is 334 g/mol. The number of nitrogens with two attached hydrogens (primary N) is 1. The van der Waals surface area contributed by atoms with Crippen molar-refractivity contribution in [2.24, 2.45) is 5.84 Å². The highest BCUT2D eigenvalue weighted by molar-refractivity contribution is 9.10. The van der Waals surface area contributed by atoms with E-state index in [2.05, 4.69) is 31.7 Å². The summed E-state index contributed by atoms with van der Waals surface area (Å²) in [4.78, 5) is 16.2. The molecular formula is C14H15BrN4O. The van der Waals surface area contributed by atoms with Crippen molar-refractivity contribution in [3.05, 3.63) is 52.3 Å². The molecule has 2 aromatic rings. The van der Waals surface area contributed by atoms with Gasteiger partial charge in [0.05, 0.1) is 17.4 Å². The Bertz CT molecular complexity index is 630. The molecule has 0 aliphatic rings. The molecule has 0 aliphatic carbocycles. The van der Waals surface area contributed by atoms with Crippen molar-refractivity contribution in [1.29, 1.82) is 0 Å². The largest absolute Gasteiger partial charge is 0.322 e. The average molecular weight is 335 g/mol. The van der Waals surface area contributed by atoms with E-state index in [-0.39, 0.29) is 5.91 Å². The normalized spacial score (nSPS) is 10.2. The van der Waals surface area contributed by atoms with Crippen LogP contribution in [0.5, 0.6) is 0 Å². The zero-order chi connectivity index (χ0) is 14.5. The number of hydrazine groups is 1. The number of halogens is 1. The Morgan fingerprint density at radius 3 is 2.85 bits per heavy atom. The van der Waals surface area contributed by atoms with E-state index in [9.17, 15) is 4.79 Å². The first-order valence-electron chi connectivity index (χ1n) is 6.16. The van der Waals surface area contributed by atoms with Gasteiger partial charge in [-0.1, -0.05) is 22.9 Å². The van der Waals surface area contributed by atoms with Crippen molar-refractivity contribution >= 4 is 33.2 Å². The van der Waals surface area contributed by atoms with Crippen molar-refractivity contribution in [2.45, 2.75) is 13.3 Å². The Labute approximate surface area is 125 Å². The highest BCUT2D eigenvalue weighted by Gasteiger charge is 2.12. The average Bonchev–Trinajstić information content (AvgIpc) is 2.48. The minimum atomic E-state index is -0.225. The van der Waals surface area contributed by atoms with Gasteiger partial charge in [-0.3, -0.25) is 15.6 Å². The van der Waals surface area contributed by atoms with E-state index in [4.69, 9.17) is 5.84 Å². The Balaban J connectivity index is 2.28. The van der Waals surface area contributed by atoms with Crippen molar-refractivity contribution in [3.8, 4) is 0 Å². The van der Waals surface area contributed by atoms with Gasteiger partial charge in [0.2, 0.25) is 0 Å². The van der Waals surface area contributed by atoms with Crippen LogP contribution in [-0.2, 0) is 6.42 Å². The van der Waals surface area contributed by atoms with Crippen LogP contribution in [0.1, 0.15) is 22.8 Å². The summed E-state index contributed by atoms with van der Waals surface area (Å²) in [6.45, 7) is 2.04. The third-order valence-electron chi connectivity index (χ3n) is 2.92. The Hall–Kier alpha value is -1.92. The second-order valence-electron chi connectivity index (χ2n) is 4.17. The van der Waals surface area contributed by atoms with Gasteiger partial charge in [0, 0.05) is 16.4 Å². The Morgan fingerprint density at radius 1 is 1.35 bits per heavy atom. The van der Waals surface area contributed by atoms with Gasteiger partial charge in [-0.05, 0) is 36.2 Å². The Morgan fingerprint density at radius 2 is 2.15 bits per heavy atom. The molecule has 0 saturated heterocycles. The summed E-state index contributed by atoms with van der Waals surface area (Å²) in [6, 6.07) is 7.38. The van der Waals surface area contributed by atoms with E-state index in [1.165, 1.54) is 6.20 Å². The third kappa shape index (κ3) is 3.15. The fraction of sp³-hybridized carbons (Fsp3) is 0.143. The molecule has 0 unspecified atom stereocenters. The van der Waals surface area contributed by atoms with E-state index in [1.54, 1.807) is 12.3 Å². The number of benzene rings is 1. The van der Waals surface area contributed by atoms with E-state index < -0.39 is 0 Å². The first kappa shape index (κ1) is 14.5. The molecular weight excluding hydrogens is 320 g/mol. The summed E-state index contributed by atoms with van der Waals surface area (Å²) in [6.07, 6.45) is 3.89. The van der Waals surface area contributed by atoms with Gasteiger partial charge in [0.1, 0.15) is 0 Å². The second kappa shape index (κ2) is 6.49. The SMILES string of the molecule is CCc1cc(Br)ccc1NC(=O)c1ccncc1NN. The number of hydrogen-bond acceptors (Lipinski definition) is 4. The van der Waals surface area contributed by atoms with Gasteiger partial charge in [0.15, 0.2) is 0 Å². The van der Waals surface area contributed by atoms with E-state index in [0.717, 1.165) is 22.1 Å². The molecule has 4 N–H and O–H groups in total. The van der Waals surface area contributed by atoms with Gasteiger partial charge in [0.25, 0.3) is 5.91 Å². The molecule has 0 spiro atoms. The predicted octanol–water partition coefficient (Wildman–Crippen LogP) is 2.94. The van der Waals surface area contributed by atoms with Crippen molar-refractivity contribution in [1.82, 2.24) is 4.98 Å². The third-order valence-corrected chi connectivity index (χ3v) is 3.41. The number of nitrogens with one attached hydrogen (secondary N) is 2. The summed E-state index contributed by atoms with van der Waals surface area (Å²) < 4.78 is 0.987. The summed E-state index contributed by atoms with van der Waals surface area (Å²) in [7, 11) is 0. The molecule has 0 aliphatic heterocycles. The number of carbonyl (C=O) groups is 1. The zero-order valence-electron chi connectivity index (χ0n) is 11.0. The van der Waals surface area contributed by atoms with Crippen LogP contribution in [0.3, 0.4) is 0 Å². The number of pyridine rings is 1. The highest BCUT2D eigenvalue weighted by atomic mass is 79.9. The number of hydrogen-bond donors (Lipinski definition) is 3. The van der Waals surface area contributed by atoms with Crippen molar-refractivity contribution < 1.29 is 4.79 Å². The molecule has 104 valence electrons. The molecule has 0 bridgehead atoms. The molecule has 0 atom stereocenters. The first-order valence-corrected chi connectivity index (χ1v) is 6.95. The maximum absolute atomic E-state index is 12.3. The minimum absolute atomic E-state index is 0.225. The van der Waals surface area contributed by atoms with Crippen LogP contribution in [0.2, 0.25) is 0 Å². The number of nitrogens with zero attached hydrogens (tertiary/aromatic N) is 1. The van der Waals surface area contributed by atoms with Gasteiger partial charge in [-0.25, -0.2) is 0 Å². The van der Waals surface area contributed by atoms with Crippen LogP contribution in [0.4, 0.5) is 11.4 Å². The number of nitrogen functional groups attached to an aromatic ring is 1. The summed E-state index contributed by atoms with van der Waals surface area (Å²) in [5, 5.41) is 2.90. The maximum atomic E-state index is 12.3. The quantitative estimate of drug-likeness (QED) is 0.593. The molecule has 1 amide bonds. The molecule has 0 fully saturated rings. The number of aryl methyl sites for hydroxylation is 1. The molecule has 1 aromatic heterocycles. The lowest BCUT2D eigenvalue weighted by atomic mass is 10.1. The summed E-state index contributed by atoms with van der Waals surface area (Å²) in [5.74, 6) is 5.16. The summed E-state index contributed by atoms with van der Waals surface area (Å²) in [5.41, 5.74) is 5.26. The molecule has 5 nitrogen and oxygen atoms in total. The van der Waals surface area contributed by atoms with Crippen LogP contribution in [0, 0.1) is 0 Å². The molecule has 6 heteroatoms. The minimum Gasteiger partial charge on any atom is -0.322 e. The lowest BCUT2D eigenvalue weighted by Gasteiger charge is -2.12. The van der Waals surface area contributed by atoms with Crippen LogP contribution >= 0.6 is 15.9 Å². The zero-order valence-corrected chi connectivity index (χ0v) is 12.6. The number of anilines is 2. The molecule has 2 rings (SSSR count). The number of rotatable bonds is 4. The van der Waals surface area contributed by atoms with Crippen LogP contribution in [0.25, 0.3) is 0 Å². The molecule has 1 heterocycles. The van der Waals surface area contributed by atoms with Crippen LogP contribution < -0.4 is 16.6 Å². The second-order valence-corrected chi connectivity index (χ2v) is 5.09. The van der Waals surface area contributed by atoms with Crippen molar-refractivity contribution in [3.63, 3.8) is 0 Å². The van der Waals surface area contributed by atoms with Crippen molar-refractivity contribution in [2.75, 3.05) is 10.7 Å². The topological polar surface area (TPSA) is 80.0 Å². The van der Waals surface area contributed by atoms with Crippen LogP contribution in [0.15, 0.2) is 41.1 Å². The molecule has 20 heavy (non-hydrogen) atoms. The molecule has 0 saturated carbocycles. The van der Waals surface area contributed by atoms with E-state index in [1.807, 2.05) is 25.1 Å². The predicted molar refractivity (Wildman–Crippen MR) is 83.5 cm³/mol. The van der Waals surface area contributed by atoms with Gasteiger partial charge in [-0.2, -0.15) is 0 Å². The maximum Gasteiger partial charge on any atom is 0.257 e.